The highest BCUT2D eigenvalue weighted by Gasteiger charge is 2.10. The van der Waals surface area contributed by atoms with Gasteiger partial charge in [0.25, 0.3) is 0 Å². The van der Waals surface area contributed by atoms with E-state index in [0.717, 1.165) is 11.1 Å². The van der Waals surface area contributed by atoms with E-state index in [9.17, 15) is 5.26 Å². The molecular formula is C18H14Cl2N4. The first-order chi connectivity index (χ1) is 11.7. The molecule has 0 spiro atoms. The van der Waals surface area contributed by atoms with Crippen LogP contribution in [-0.4, -0.2) is 9.55 Å². The van der Waals surface area contributed by atoms with Gasteiger partial charge in [-0.1, -0.05) is 47.5 Å². The highest BCUT2D eigenvalue weighted by Crippen LogP contribution is 2.17. The Labute approximate surface area is 150 Å². The second-order valence-corrected chi connectivity index (χ2v) is 6.16. The molecule has 0 unspecified atom stereocenters. The summed E-state index contributed by atoms with van der Waals surface area (Å²) in [6, 6.07) is 17.3. The first kappa shape index (κ1) is 16.4. The summed E-state index contributed by atoms with van der Waals surface area (Å²) >= 11 is 11.8. The minimum Gasteiger partial charge on any atom is -0.364 e. The highest BCUT2D eigenvalue weighted by atomic mass is 35.5. The third-order valence-electron chi connectivity index (χ3n) is 3.58. The van der Waals surface area contributed by atoms with E-state index in [2.05, 4.69) is 16.4 Å². The predicted molar refractivity (Wildman–Crippen MR) is 96.3 cm³/mol. The summed E-state index contributed by atoms with van der Waals surface area (Å²) in [6.07, 6.45) is 1.66. The van der Waals surface area contributed by atoms with Gasteiger partial charge in [0, 0.05) is 23.1 Å². The molecule has 0 atom stereocenters. The molecule has 0 amide bonds. The second-order valence-electron chi connectivity index (χ2n) is 5.29. The molecule has 120 valence electrons. The van der Waals surface area contributed by atoms with Gasteiger partial charge in [0.05, 0.1) is 6.33 Å². The number of hydrogen-bond donors (Lipinski definition) is 1. The van der Waals surface area contributed by atoms with Crippen LogP contribution in [-0.2, 0) is 13.1 Å². The van der Waals surface area contributed by atoms with Gasteiger partial charge in [0.15, 0.2) is 11.5 Å². The van der Waals surface area contributed by atoms with Gasteiger partial charge >= 0.3 is 0 Å². The summed E-state index contributed by atoms with van der Waals surface area (Å²) in [7, 11) is 0. The summed E-state index contributed by atoms with van der Waals surface area (Å²) in [5, 5.41) is 14.0. The van der Waals surface area contributed by atoms with Gasteiger partial charge in [-0.2, -0.15) is 5.26 Å². The number of benzene rings is 2. The van der Waals surface area contributed by atoms with E-state index >= 15 is 0 Å². The Morgan fingerprint density at radius 3 is 2.12 bits per heavy atom. The first-order valence-corrected chi connectivity index (χ1v) is 8.09. The van der Waals surface area contributed by atoms with Crippen molar-refractivity contribution in [2.45, 2.75) is 13.1 Å². The number of nitrogens with zero attached hydrogens (tertiary/aromatic N) is 3. The number of aromatic nitrogens is 2. The first-order valence-electron chi connectivity index (χ1n) is 7.33. The minimum absolute atomic E-state index is 0.499. The molecule has 0 aliphatic rings. The number of hydrogen-bond acceptors (Lipinski definition) is 3. The summed E-state index contributed by atoms with van der Waals surface area (Å²) in [5.41, 5.74) is 2.62. The normalized spacial score (nSPS) is 10.4. The van der Waals surface area contributed by atoms with Crippen LogP contribution in [0, 0.1) is 11.3 Å². The molecule has 0 aliphatic heterocycles. The summed E-state index contributed by atoms with van der Waals surface area (Å²) < 4.78 is 1.81. The smallest absolute Gasteiger partial charge is 0.164 e. The van der Waals surface area contributed by atoms with Crippen molar-refractivity contribution in [2.75, 3.05) is 5.32 Å². The number of nitriles is 1. The molecule has 0 saturated heterocycles. The van der Waals surface area contributed by atoms with Crippen molar-refractivity contribution in [3.63, 3.8) is 0 Å². The zero-order chi connectivity index (χ0) is 16.9. The van der Waals surface area contributed by atoms with E-state index in [1.54, 1.807) is 6.33 Å². The summed E-state index contributed by atoms with van der Waals surface area (Å²) in [6.45, 7) is 1.14. The molecule has 0 aliphatic carbocycles. The van der Waals surface area contributed by atoms with Crippen LogP contribution in [0.5, 0.6) is 0 Å². The molecule has 0 radical (unpaired) electrons. The van der Waals surface area contributed by atoms with Crippen LogP contribution in [0.15, 0.2) is 54.9 Å². The molecule has 0 bridgehead atoms. The van der Waals surface area contributed by atoms with E-state index in [0.29, 0.717) is 34.6 Å². The monoisotopic (exact) mass is 356 g/mol. The van der Waals surface area contributed by atoms with E-state index < -0.39 is 0 Å². The van der Waals surface area contributed by atoms with Gasteiger partial charge in [-0.3, -0.25) is 0 Å². The second kappa shape index (κ2) is 7.39. The van der Waals surface area contributed by atoms with Crippen LogP contribution in [0.3, 0.4) is 0 Å². The molecule has 1 heterocycles. The molecule has 6 heteroatoms. The lowest BCUT2D eigenvalue weighted by atomic mass is 10.2. The van der Waals surface area contributed by atoms with Crippen LogP contribution in [0.2, 0.25) is 10.0 Å². The Morgan fingerprint density at radius 2 is 1.54 bits per heavy atom. The quantitative estimate of drug-likeness (QED) is 0.719. The molecule has 3 aromatic rings. The fourth-order valence-corrected chi connectivity index (χ4v) is 2.58. The van der Waals surface area contributed by atoms with Crippen molar-refractivity contribution in [3.8, 4) is 6.07 Å². The molecule has 1 aromatic heterocycles. The molecule has 2 aromatic carbocycles. The minimum atomic E-state index is 0.499. The maximum Gasteiger partial charge on any atom is 0.164 e. The Bertz CT molecular complexity index is 862. The topological polar surface area (TPSA) is 53.6 Å². The predicted octanol–water partition coefficient (Wildman–Crippen LogP) is 4.72. The Kier molecular flexibility index (Phi) is 5.05. The van der Waals surface area contributed by atoms with Gasteiger partial charge in [-0.05, 0) is 35.4 Å². The van der Waals surface area contributed by atoms with Crippen molar-refractivity contribution in [3.05, 3.63) is 81.7 Å². The Hall–Kier alpha value is -2.48. The molecule has 24 heavy (non-hydrogen) atoms. The van der Waals surface area contributed by atoms with Gasteiger partial charge < -0.3 is 9.88 Å². The van der Waals surface area contributed by atoms with Crippen molar-refractivity contribution in [1.29, 1.82) is 5.26 Å². The molecule has 1 N–H and O–H groups in total. The number of imidazole rings is 1. The van der Waals surface area contributed by atoms with Crippen LogP contribution in [0.25, 0.3) is 0 Å². The molecule has 3 rings (SSSR count). The third kappa shape index (κ3) is 3.88. The van der Waals surface area contributed by atoms with Gasteiger partial charge in [-0.25, -0.2) is 4.98 Å². The van der Waals surface area contributed by atoms with E-state index in [1.807, 2.05) is 53.1 Å². The van der Waals surface area contributed by atoms with Gasteiger partial charge in [-0.15, -0.1) is 0 Å². The fourth-order valence-electron chi connectivity index (χ4n) is 2.32. The van der Waals surface area contributed by atoms with Crippen LogP contribution < -0.4 is 5.32 Å². The zero-order valence-electron chi connectivity index (χ0n) is 12.7. The summed E-state index contributed by atoms with van der Waals surface area (Å²) in [4.78, 5) is 4.31. The standard InChI is InChI=1S/C18H14Cl2N4/c19-15-5-1-13(2-6-15)10-22-18-17(9-21)24(12-23-18)11-14-3-7-16(20)8-4-14/h1-8,12,22H,10-11H2. The number of anilines is 1. The maximum atomic E-state index is 9.45. The highest BCUT2D eigenvalue weighted by molar-refractivity contribution is 6.30. The van der Waals surface area contributed by atoms with E-state index in [1.165, 1.54) is 0 Å². The lowest BCUT2D eigenvalue weighted by molar-refractivity contribution is 0.786. The lowest BCUT2D eigenvalue weighted by Crippen LogP contribution is -2.04. The summed E-state index contributed by atoms with van der Waals surface area (Å²) in [5.74, 6) is 0.571. The lowest BCUT2D eigenvalue weighted by Gasteiger charge is -2.07. The largest absolute Gasteiger partial charge is 0.364 e. The number of halogens is 2. The number of nitrogens with one attached hydrogen (secondary N) is 1. The maximum absolute atomic E-state index is 9.45. The van der Waals surface area contributed by atoms with Gasteiger partial charge in [0.1, 0.15) is 6.07 Å². The van der Waals surface area contributed by atoms with Crippen LogP contribution in [0.1, 0.15) is 16.8 Å². The van der Waals surface area contributed by atoms with Crippen LogP contribution in [0.4, 0.5) is 5.82 Å². The third-order valence-corrected chi connectivity index (χ3v) is 4.09. The molecule has 0 saturated carbocycles. The van der Waals surface area contributed by atoms with Crippen molar-refractivity contribution < 1.29 is 0 Å². The molecular weight excluding hydrogens is 343 g/mol. The Balaban J connectivity index is 1.73. The Morgan fingerprint density at radius 1 is 0.958 bits per heavy atom. The SMILES string of the molecule is N#Cc1c(NCc2ccc(Cl)cc2)ncn1Cc1ccc(Cl)cc1. The average Bonchev–Trinajstić information content (AvgIpc) is 2.98. The van der Waals surface area contributed by atoms with Crippen LogP contribution >= 0.6 is 23.2 Å². The number of rotatable bonds is 5. The average molecular weight is 357 g/mol. The fraction of sp³-hybridized carbons (Fsp3) is 0.111. The van der Waals surface area contributed by atoms with Crippen molar-refractivity contribution >= 4 is 29.0 Å². The van der Waals surface area contributed by atoms with Crippen molar-refractivity contribution in [1.82, 2.24) is 9.55 Å². The van der Waals surface area contributed by atoms with E-state index in [4.69, 9.17) is 23.2 Å². The zero-order valence-corrected chi connectivity index (χ0v) is 14.2. The molecule has 4 nitrogen and oxygen atoms in total. The van der Waals surface area contributed by atoms with Crippen molar-refractivity contribution in [2.24, 2.45) is 0 Å². The van der Waals surface area contributed by atoms with E-state index in [-0.39, 0.29) is 0 Å². The van der Waals surface area contributed by atoms with Gasteiger partial charge in [0.2, 0.25) is 0 Å². The molecule has 0 fully saturated rings.